The number of rotatable bonds is 4. The van der Waals surface area contributed by atoms with Crippen LogP contribution in [0, 0.1) is 17.8 Å². The Kier molecular flexibility index (Phi) is 3.04. The van der Waals surface area contributed by atoms with E-state index < -0.39 is 24.4 Å². The van der Waals surface area contributed by atoms with Crippen molar-refractivity contribution in [3.8, 4) is 0 Å². The number of carbonyl (C=O) groups is 2. The van der Waals surface area contributed by atoms with Gasteiger partial charge in [0.1, 0.15) is 11.6 Å². The minimum Gasteiger partial charge on any atom is -0.550 e. The standard InChI is InChI=1S/C14H21NO4/c15-11(4-12(16)17)13(18)19-14-5-8-1-9(6-14)3-10(2-8)7-14/h8-11H,1-7,15H2,(H,16,17)/p-1/t8?,9?,10?,11-,14?/m0/s1. The number of carboxylic acids is 1. The van der Waals surface area contributed by atoms with Crippen LogP contribution in [0.3, 0.4) is 0 Å². The lowest BCUT2D eigenvalue weighted by Gasteiger charge is -2.55. The minimum atomic E-state index is -1.31. The fourth-order valence-corrected chi connectivity index (χ4v) is 4.71. The maximum atomic E-state index is 11.9. The van der Waals surface area contributed by atoms with Gasteiger partial charge in [-0.3, -0.25) is 4.79 Å². The van der Waals surface area contributed by atoms with Crippen molar-refractivity contribution in [2.24, 2.45) is 23.5 Å². The summed E-state index contributed by atoms with van der Waals surface area (Å²) >= 11 is 0. The Labute approximate surface area is 112 Å². The molecule has 4 aliphatic rings. The zero-order valence-electron chi connectivity index (χ0n) is 11.0. The summed E-state index contributed by atoms with van der Waals surface area (Å²) in [5.41, 5.74) is 5.20. The number of hydrogen-bond donors (Lipinski definition) is 1. The van der Waals surface area contributed by atoms with Crippen LogP contribution < -0.4 is 10.8 Å². The van der Waals surface area contributed by atoms with Crippen LogP contribution in [-0.4, -0.2) is 23.6 Å². The molecule has 4 rings (SSSR count). The Hall–Kier alpha value is -1.10. The van der Waals surface area contributed by atoms with E-state index in [9.17, 15) is 14.7 Å². The third kappa shape index (κ3) is 2.48. The number of ether oxygens (including phenoxy) is 1. The molecule has 1 atom stereocenters. The highest BCUT2D eigenvalue weighted by Gasteiger charge is 2.53. The van der Waals surface area contributed by atoms with Gasteiger partial charge in [0.25, 0.3) is 0 Å². The Morgan fingerprint density at radius 3 is 2.05 bits per heavy atom. The molecule has 4 bridgehead atoms. The van der Waals surface area contributed by atoms with Crippen LogP contribution in [0.2, 0.25) is 0 Å². The number of hydrogen-bond acceptors (Lipinski definition) is 5. The molecule has 19 heavy (non-hydrogen) atoms. The molecule has 2 N–H and O–H groups in total. The van der Waals surface area contributed by atoms with Crippen molar-refractivity contribution < 1.29 is 19.4 Å². The summed E-state index contributed by atoms with van der Waals surface area (Å²) in [5.74, 6) is 0.144. The number of carboxylic acid groups (broad SMARTS) is 1. The Balaban J connectivity index is 1.66. The zero-order valence-corrected chi connectivity index (χ0v) is 11.0. The average molecular weight is 266 g/mol. The molecule has 0 heterocycles. The fraction of sp³-hybridized carbons (Fsp3) is 0.857. The third-order valence-electron chi connectivity index (χ3n) is 4.99. The van der Waals surface area contributed by atoms with E-state index in [0.717, 1.165) is 19.3 Å². The summed E-state index contributed by atoms with van der Waals surface area (Å²) in [6.07, 6.45) is 6.13. The number of esters is 1. The van der Waals surface area contributed by atoms with Gasteiger partial charge < -0.3 is 20.4 Å². The second kappa shape index (κ2) is 4.47. The maximum Gasteiger partial charge on any atom is 0.323 e. The van der Waals surface area contributed by atoms with Crippen molar-refractivity contribution in [2.75, 3.05) is 0 Å². The quantitative estimate of drug-likeness (QED) is 0.721. The molecule has 5 nitrogen and oxygen atoms in total. The number of carbonyl (C=O) groups excluding carboxylic acids is 2. The van der Waals surface area contributed by atoms with Crippen LogP contribution in [0.1, 0.15) is 44.9 Å². The highest BCUT2D eigenvalue weighted by molar-refractivity contribution is 5.81. The molecule has 0 aromatic rings. The second-order valence-corrected chi connectivity index (χ2v) is 6.70. The molecule has 4 fully saturated rings. The van der Waals surface area contributed by atoms with Crippen molar-refractivity contribution in [3.63, 3.8) is 0 Å². The predicted octanol–water partition coefficient (Wildman–Crippen LogP) is -0.0343. The molecule has 0 saturated heterocycles. The van der Waals surface area contributed by atoms with E-state index in [2.05, 4.69) is 0 Å². The second-order valence-electron chi connectivity index (χ2n) is 6.70. The average Bonchev–Trinajstić information content (AvgIpc) is 2.24. The summed E-state index contributed by atoms with van der Waals surface area (Å²) in [7, 11) is 0. The van der Waals surface area contributed by atoms with Crippen LogP contribution in [-0.2, 0) is 14.3 Å². The van der Waals surface area contributed by atoms with Gasteiger partial charge in [0.05, 0.1) is 0 Å². The van der Waals surface area contributed by atoms with Gasteiger partial charge in [-0.05, 0) is 56.3 Å². The summed E-state index contributed by atoms with van der Waals surface area (Å²) < 4.78 is 5.66. The third-order valence-corrected chi connectivity index (χ3v) is 4.99. The van der Waals surface area contributed by atoms with Crippen molar-refractivity contribution in [1.29, 1.82) is 0 Å². The summed E-state index contributed by atoms with van der Waals surface area (Å²) in [6.45, 7) is 0. The zero-order chi connectivity index (χ0) is 13.6. The van der Waals surface area contributed by atoms with Crippen LogP contribution in [0.15, 0.2) is 0 Å². The first kappa shape index (κ1) is 12.9. The molecule has 0 aliphatic heterocycles. The van der Waals surface area contributed by atoms with Crippen molar-refractivity contribution in [1.82, 2.24) is 0 Å². The lowest BCUT2D eigenvalue weighted by Crippen LogP contribution is -2.54. The SMILES string of the molecule is N[C@@H](CC(=O)[O-])C(=O)OC12CC3CC(CC(C3)C1)C2. The van der Waals surface area contributed by atoms with E-state index in [1.807, 2.05) is 0 Å². The minimum absolute atomic E-state index is 0.352. The van der Waals surface area contributed by atoms with Crippen molar-refractivity contribution in [3.05, 3.63) is 0 Å². The van der Waals surface area contributed by atoms with Crippen LogP contribution >= 0.6 is 0 Å². The van der Waals surface area contributed by atoms with Gasteiger partial charge in [-0.2, -0.15) is 0 Å². The highest BCUT2D eigenvalue weighted by atomic mass is 16.6. The first-order chi connectivity index (χ1) is 8.96. The molecule has 4 saturated carbocycles. The monoisotopic (exact) mass is 266 g/mol. The van der Waals surface area contributed by atoms with Gasteiger partial charge in [0.2, 0.25) is 0 Å². The smallest absolute Gasteiger partial charge is 0.323 e. The normalized spacial score (nSPS) is 41.0. The molecule has 0 aromatic carbocycles. The number of nitrogens with two attached hydrogens (primary N) is 1. The van der Waals surface area contributed by atoms with Crippen molar-refractivity contribution >= 4 is 11.9 Å². The van der Waals surface area contributed by atoms with E-state index >= 15 is 0 Å². The highest BCUT2D eigenvalue weighted by Crippen LogP contribution is 2.57. The first-order valence-corrected chi connectivity index (χ1v) is 7.14. The lowest BCUT2D eigenvalue weighted by atomic mass is 9.54. The van der Waals surface area contributed by atoms with E-state index in [-0.39, 0.29) is 5.60 Å². The molecule has 0 unspecified atom stereocenters. The molecular formula is C14H20NO4-. The molecule has 0 radical (unpaired) electrons. The van der Waals surface area contributed by atoms with Crippen LogP contribution in [0.25, 0.3) is 0 Å². The summed E-state index contributed by atoms with van der Waals surface area (Å²) in [5, 5.41) is 10.5. The molecule has 0 aromatic heterocycles. The molecular weight excluding hydrogens is 246 g/mol. The van der Waals surface area contributed by atoms with Gasteiger partial charge in [0, 0.05) is 12.4 Å². The van der Waals surface area contributed by atoms with Crippen LogP contribution in [0.5, 0.6) is 0 Å². The molecule has 4 aliphatic carbocycles. The van der Waals surface area contributed by atoms with Gasteiger partial charge in [-0.1, -0.05) is 0 Å². The van der Waals surface area contributed by atoms with E-state index in [4.69, 9.17) is 10.5 Å². The Bertz CT molecular complexity index is 371. The molecule has 5 heteroatoms. The van der Waals surface area contributed by atoms with E-state index in [1.54, 1.807) is 0 Å². The van der Waals surface area contributed by atoms with Crippen LogP contribution in [0.4, 0.5) is 0 Å². The van der Waals surface area contributed by atoms with E-state index in [0.29, 0.717) is 17.8 Å². The summed E-state index contributed by atoms with van der Waals surface area (Å²) in [4.78, 5) is 22.4. The van der Waals surface area contributed by atoms with Gasteiger partial charge in [-0.15, -0.1) is 0 Å². The lowest BCUT2D eigenvalue weighted by molar-refractivity contribution is -0.306. The maximum absolute atomic E-state index is 11.9. The molecule has 0 spiro atoms. The largest absolute Gasteiger partial charge is 0.550 e. The Morgan fingerprint density at radius 2 is 1.63 bits per heavy atom. The first-order valence-electron chi connectivity index (χ1n) is 7.14. The fourth-order valence-electron chi connectivity index (χ4n) is 4.71. The summed E-state index contributed by atoms with van der Waals surface area (Å²) in [6, 6.07) is -1.10. The predicted molar refractivity (Wildman–Crippen MR) is 64.6 cm³/mol. The molecule has 0 amide bonds. The van der Waals surface area contributed by atoms with Gasteiger partial charge >= 0.3 is 5.97 Å². The number of aliphatic carboxylic acids is 1. The molecule has 106 valence electrons. The van der Waals surface area contributed by atoms with Gasteiger partial charge in [0.15, 0.2) is 0 Å². The Morgan fingerprint density at radius 1 is 1.16 bits per heavy atom. The van der Waals surface area contributed by atoms with Gasteiger partial charge in [-0.25, -0.2) is 0 Å². The van der Waals surface area contributed by atoms with Crippen molar-refractivity contribution in [2.45, 2.75) is 56.6 Å². The van der Waals surface area contributed by atoms with E-state index in [1.165, 1.54) is 19.3 Å². The topological polar surface area (TPSA) is 92.5 Å².